The first-order chi connectivity index (χ1) is 13.1. The van der Waals surface area contributed by atoms with Crippen LogP contribution in [-0.4, -0.2) is 37.9 Å². The largest absolute Gasteiger partial charge is 0.465 e. The molecular weight excluding hydrogens is 346 g/mol. The smallest absolute Gasteiger partial charge is 0.337 e. The highest BCUT2D eigenvalue weighted by Gasteiger charge is 2.11. The minimum atomic E-state index is -0.448. The minimum Gasteiger partial charge on any atom is -0.465 e. The molecular formula is C19H15N5O3. The number of amides is 1. The monoisotopic (exact) mass is 361 g/mol. The van der Waals surface area contributed by atoms with Crippen LogP contribution in [0, 0.1) is 0 Å². The number of hydrogen-bond donors (Lipinski definition) is 1. The molecule has 4 aromatic rings. The number of nitrogens with zero attached hydrogens (tertiary/aromatic N) is 4. The van der Waals surface area contributed by atoms with Gasteiger partial charge in [0.15, 0.2) is 5.82 Å². The summed E-state index contributed by atoms with van der Waals surface area (Å²) in [6.45, 7) is 0. The zero-order valence-corrected chi connectivity index (χ0v) is 14.4. The standard InChI is InChI=1S/C19H15N5O3/c1-27-19(26)14-4-2-13(3-5-14)18(25)22-16-11-24-10-15(6-7-17(24)21-16)23-9-8-20-12-23/h2-12H,1H3,(H,22,25). The summed E-state index contributed by atoms with van der Waals surface area (Å²) in [5.41, 5.74) is 2.43. The van der Waals surface area contributed by atoms with E-state index < -0.39 is 5.97 Å². The summed E-state index contributed by atoms with van der Waals surface area (Å²) in [7, 11) is 1.31. The normalized spacial score (nSPS) is 10.7. The first kappa shape index (κ1) is 16.5. The molecule has 3 heterocycles. The van der Waals surface area contributed by atoms with Gasteiger partial charge in [-0.2, -0.15) is 0 Å². The van der Waals surface area contributed by atoms with Crippen molar-refractivity contribution in [2.24, 2.45) is 0 Å². The molecule has 0 spiro atoms. The summed E-state index contributed by atoms with van der Waals surface area (Å²) in [5, 5.41) is 2.76. The van der Waals surface area contributed by atoms with Gasteiger partial charge in [-0.1, -0.05) is 0 Å². The summed E-state index contributed by atoms with van der Waals surface area (Å²) in [4.78, 5) is 32.3. The van der Waals surface area contributed by atoms with E-state index in [1.54, 1.807) is 43.0 Å². The molecule has 27 heavy (non-hydrogen) atoms. The lowest BCUT2D eigenvalue weighted by molar-refractivity contribution is 0.0600. The van der Waals surface area contributed by atoms with Gasteiger partial charge in [0.25, 0.3) is 5.91 Å². The predicted octanol–water partition coefficient (Wildman–Crippen LogP) is 2.56. The number of rotatable bonds is 4. The predicted molar refractivity (Wildman–Crippen MR) is 98.0 cm³/mol. The number of carbonyl (C=O) groups is 2. The van der Waals surface area contributed by atoms with E-state index in [9.17, 15) is 9.59 Å². The van der Waals surface area contributed by atoms with Crippen LogP contribution in [0.1, 0.15) is 20.7 Å². The van der Waals surface area contributed by atoms with E-state index >= 15 is 0 Å². The molecule has 0 radical (unpaired) electrons. The molecule has 0 saturated carbocycles. The number of anilines is 1. The van der Waals surface area contributed by atoms with Crippen LogP contribution in [0.3, 0.4) is 0 Å². The number of ether oxygens (including phenoxy) is 1. The van der Waals surface area contributed by atoms with Gasteiger partial charge in [0, 0.05) is 24.2 Å². The van der Waals surface area contributed by atoms with Crippen LogP contribution >= 0.6 is 0 Å². The van der Waals surface area contributed by atoms with Crippen LogP contribution in [0.5, 0.6) is 0 Å². The third kappa shape index (κ3) is 3.28. The van der Waals surface area contributed by atoms with Crippen molar-refractivity contribution in [3.8, 4) is 5.69 Å². The van der Waals surface area contributed by atoms with Crippen molar-refractivity contribution in [3.63, 3.8) is 0 Å². The van der Waals surface area contributed by atoms with Crippen molar-refractivity contribution in [2.75, 3.05) is 12.4 Å². The number of esters is 1. The molecule has 0 bridgehead atoms. The van der Waals surface area contributed by atoms with E-state index in [1.165, 1.54) is 7.11 Å². The van der Waals surface area contributed by atoms with Crippen molar-refractivity contribution in [2.45, 2.75) is 0 Å². The summed E-state index contributed by atoms with van der Waals surface area (Å²) in [6.07, 6.45) is 8.88. The zero-order valence-electron chi connectivity index (χ0n) is 14.4. The molecule has 0 aliphatic carbocycles. The van der Waals surface area contributed by atoms with Crippen molar-refractivity contribution in [1.82, 2.24) is 18.9 Å². The molecule has 8 heteroatoms. The second-order valence-electron chi connectivity index (χ2n) is 5.77. The number of hydrogen-bond acceptors (Lipinski definition) is 5. The zero-order chi connectivity index (χ0) is 18.8. The maximum Gasteiger partial charge on any atom is 0.337 e. The number of benzene rings is 1. The number of nitrogens with one attached hydrogen (secondary N) is 1. The Bertz CT molecular complexity index is 1110. The molecule has 1 aromatic carbocycles. The van der Waals surface area contributed by atoms with Crippen molar-refractivity contribution < 1.29 is 14.3 Å². The Labute approximate surface area is 154 Å². The summed E-state index contributed by atoms with van der Waals surface area (Å²) in [6, 6.07) is 9.99. The lowest BCUT2D eigenvalue weighted by Gasteiger charge is -2.03. The fourth-order valence-electron chi connectivity index (χ4n) is 2.67. The average molecular weight is 361 g/mol. The van der Waals surface area contributed by atoms with Gasteiger partial charge < -0.3 is 19.0 Å². The Morgan fingerprint density at radius 3 is 2.52 bits per heavy atom. The van der Waals surface area contributed by atoms with Crippen molar-refractivity contribution >= 4 is 23.3 Å². The maximum absolute atomic E-state index is 12.4. The van der Waals surface area contributed by atoms with Crippen LogP contribution in [0.2, 0.25) is 0 Å². The summed E-state index contributed by atoms with van der Waals surface area (Å²) < 4.78 is 8.34. The van der Waals surface area contributed by atoms with E-state index in [-0.39, 0.29) is 5.91 Å². The maximum atomic E-state index is 12.4. The Hall–Kier alpha value is -3.94. The highest BCUT2D eigenvalue weighted by Crippen LogP contribution is 2.15. The molecule has 134 valence electrons. The van der Waals surface area contributed by atoms with Crippen molar-refractivity contribution in [3.05, 3.63) is 78.6 Å². The highest BCUT2D eigenvalue weighted by atomic mass is 16.5. The van der Waals surface area contributed by atoms with E-state index in [2.05, 4.69) is 20.0 Å². The van der Waals surface area contributed by atoms with Crippen LogP contribution in [0.15, 0.2) is 67.5 Å². The van der Waals surface area contributed by atoms with Crippen LogP contribution in [0.25, 0.3) is 11.3 Å². The topological polar surface area (TPSA) is 90.5 Å². The fraction of sp³-hybridized carbons (Fsp3) is 0.0526. The summed E-state index contributed by atoms with van der Waals surface area (Å²) in [5.74, 6) is -0.333. The second-order valence-corrected chi connectivity index (χ2v) is 5.77. The van der Waals surface area contributed by atoms with Gasteiger partial charge >= 0.3 is 5.97 Å². The van der Waals surface area contributed by atoms with Crippen molar-refractivity contribution in [1.29, 1.82) is 0 Å². The molecule has 0 unspecified atom stereocenters. The molecule has 8 nitrogen and oxygen atoms in total. The Kier molecular flexibility index (Phi) is 4.13. The Balaban J connectivity index is 1.54. The van der Waals surface area contributed by atoms with Crippen LogP contribution in [0.4, 0.5) is 5.82 Å². The second kappa shape index (κ2) is 6.75. The minimum absolute atomic E-state index is 0.315. The Morgan fingerprint density at radius 2 is 1.81 bits per heavy atom. The third-order valence-corrected chi connectivity index (χ3v) is 4.05. The summed E-state index contributed by atoms with van der Waals surface area (Å²) >= 11 is 0. The van der Waals surface area contributed by atoms with E-state index in [0.717, 1.165) is 5.69 Å². The molecule has 4 rings (SSSR count). The van der Waals surface area contributed by atoms with Gasteiger partial charge in [-0.3, -0.25) is 4.79 Å². The molecule has 3 aromatic heterocycles. The van der Waals surface area contributed by atoms with Gasteiger partial charge in [0.2, 0.25) is 0 Å². The van der Waals surface area contributed by atoms with Gasteiger partial charge in [-0.25, -0.2) is 14.8 Å². The first-order valence-corrected chi connectivity index (χ1v) is 8.11. The van der Waals surface area contributed by atoms with E-state index in [1.807, 2.05) is 33.5 Å². The molecule has 0 saturated heterocycles. The van der Waals surface area contributed by atoms with Crippen LogP contribution < -0.4 is 5.32 Å². The molecule has 0 aliphatic rings. The molecule has 0 aliphatic heterocycles. The molecule has 0 fully saturated rings. The van der Waals surface area contributed by atoms with Gasteiger partial charge in [-0.15, -0.1) is 0 Å². The first-order valence-electron chi connectivity index (χ1n) is 8.11. The van der Waals surface area contributed by atoms with Gasteiger partial charge in [-0.05, 0) is 36.4 Å². The lowest BCUT2D eigenvalue weighted by atomic mass is 10.1. The van der Waals surface area contributed by atoms with Crippen LogP contribution in [-0.2, 0) is 4.74 Å². The highest BCUT2D eigenvalue weighted by molar-refractivity contribution is 6.04. The van der Waals surface area contributed by atoms with E-state index in [4.69, 9.17) is 0 Å². The number of pyridine rings is 1. The van der Waals surface area contributed by atoms with Gasteiger partial charge in [0.1, 0.15) is 5.65 Å². The quantitative estimate of drug-likeness (QED) is 0.564. The number of fused-ring (bicyclic) bond motifs is 1. The number of imidazole rings is 2. The van der Waals surface area contributed by atoms with Gasteiger partial charge in [0.05, 0.1) is 30.9 Å². The lowest BCUT2D eigenvalue weighted by Crippen LogP contribution is -2.12. The Morgan fingerprint density at radius 1 is 1.04 bits per heavy atom. The average Bonchev–Trinajstić information content (AvgIpc) is 3.36. The SMILES string of the molecule is COC(=O)c1ccc(C(=O)Nc2cn3cc(-n4ccnc4)ccc3n2)cc1. The molecule has 1 amide bonds. The number of aromatic nitrogens is 4. The molecule has 0 atom stereocenters. The van der Waals surface area contributed by atoms with E-state index in [0.29, 0.717) is 22.6 Å². The third-order valence-electron chi connectivity index (χ3n) is 4.05. The fourth-order valence-corrected chi connectivity index (χ4v) is 2.67. The number of carbonyl (C=O) groups excluding carboxylic acids is 2. The molecule has 1 N–H and O–H groups in total. The number of methoxy groups -OCH3 is 1.